The van der Waals surface area contributed by atoms with Crippen LogP contribution in [0.1, 0.15) is 6.92 Å². The molecule has 7 nitrogen and oxygen atoms in total. The van der Waals surface area contributed by atoms with Gasteiger partial charge in [-0.15, -0.1) is 0 Å². The second-order valence-electron chi connectivity index (χ2n) is 5.20. The summed E-state index contributed by atoms with van der Waals surface area (Å²) in [6, 6.07) is 3.30. The van der Waals surface area contributed by atoms with Crippen molar-refractivity contribution < 1.29 is 13.5 Å². The minimum atomic E-state index is -3.43. The van der Waals surface area contributed by atoms with Gasteiger partial charge >= 0.3 is 0 Å². The lowest BCUT2D eigenvalue weighted by atomic mass is 10.2. The molecule has 0 aromatic carbocycles. The Labute approximate surface area is 125 Å². The smallest absolute Gasteiger partial charge is 0.241 e. The van der Waals surface area contributed by atoms with Gasteiger partial charge in [-0.05, 0) is 26.1 Å². The van der Waals surface area contributed by atoms with Crippen LogP contribution in [-0.4, -0.2) is 69.3 Å². The van der Waals surface area contributed by atoms with Crippen LogP contribution in [0.15, 0.2) is 23.2 Å². The maximum Gasteiger partial charge on any atom is 0.241 e. The average molecular weight is 314 g/mol. The molecule has 1 fully saturated rings. The van der Waals surface area contributed by atoms with Gasteiger partial charge in [-0.2, -0.15) is 0 Å². The van der Waals surface area contributed by atoms with Gasteiger partial charge in [-0.3, -0.25) is 4.90 Å². The number of hydrogen-bond acceptors (Lipinski definition) is 6. The van der Waals surface area contributed by atoms with Crippen molar-refractivity contribution in [2.75, 3.05) is 44.7 Å². The second-order valence-corrected chi connectivity index (χ2v) is 7.08. The largest absolute Gasteiger partial charge is 0.392 e. The minimum Gasteiger partial charge on any atom is -0.392 e. The van der Waals surface area contributed by atoms with E-state index in [9.17, 15) is 13.5 Å². The fraction of sp³-hybridized carbons (Fsp3) is 0.615. The summed E-state index contributed by atoms with van der Waals surface area (Å²) in [7, 11) is -2.06. The van der Waals surface area contributed by atoms with E-state index in [2.05, 4.69) is 19.5 Å². The summed E-state index contributed by atoms with van der Waals surface area (Å²) in [5, 5.41) is 9.39. The van der Waals surface area contributed by atoms with Crippen molar-refractivity contribution in [1.29, 1.82) is 0 Å². The number of nitrogens with one attached hydrogen (secondary N) is 1. The molecule has 1 aliphatic heterocycles. The van der Waals surface area contributed by atoms with Crippen LogP contribution in [0.5, 0.6) is 0 Å². The Morgan fingerprint density at radius 2 is 2.00 bits per heavy atom. The van der Waals surface area contributed by atoms with E-state index >= 15 is 0 Å². The Hall–Kier alpha value is -1.22. The number of sulfonamides is 1. The zero-order chi connectivity index (χ0) is 15.5. The van der Waals surface area contributed by atoms with Crippen LogP contribution in [0.2, 0.25) is 0 Å². The number of aliphatic hydroxyl groups is 1. The normalized spacial score (nSPS) is 18.7. The predicted molar refractivity (Wildman–Crippen MR) is 80.8 cm³/mol. The number of aliphatic hydroxyl groups excluding tert-OH is 1. The van der Waals surface area contributed by atoms with E-state index in [1.807, 2.05) is 0 Å². The molecule has 0 amide bonds. The Kier molecular flexibility index (Phi) is 5.15. The summed E-state index contributed by atoms with van der Waals surface area (Å²) in [6.45, 7) is 5.83. The van der Waals surface area contributed by atoms with E-state index < -0.39 is 10.0 Å². The topological polar surface area (TPSA) is 85.8 Å². The van der Waals surface area contributed by atoms with Crippen molar-refractivity contribution in [2.24, 2.45) is 0 Å². The molecule has 2 rings (SSSR count). The highest BCUT2D eigenvalue weighted by atomic mass is 32.2. The highest BCUT2D eigenvalue weighted by molar-refractivity contribution is 7.89. The van der Waals surface area contributed by atoms with Gasteiger partial charge in [0.15, 0.2) is 0 Å². The Morgan fingerprint density at radius 3 is 2.48 bits per heavy atom. The molecule has 118 valence electrons. The lowest BCUT2D eigenvalue weighted by molar-refractivity contribution is 0.122. The first-order valence-corrected chi connectivity index (χ1v) is 8.45. The Morgan fingerprint density at radius 1 is 1.33 bits per heavy atom. The van der Waals surface area contributed by atoms with E-state index in [1.54, 1.807) is 19.1 Å². The molecule has 1 aromatic heterocycles. The number of piperazine rings is 1. The molecule has 1 saturated heterocycles. The second kappa shape index (κ2) is 6.69. The van der Waals surface area contributed by atoms with Gasteiger partial charge in [-0.1, -0.05) is 0 Å². The number of aromatic nitrogens is 1. The third-order valence-corrected chi connectivity index (χ3v) is 4.92. The molecular weight excluding hydrogens is 292 g/mol. The number of β-amino-alcohol motifs (C(OH)–C–C–N with tert-alkyl or cyclic N) is 1. The molecule has 1 aliphatic rings. The van der Waals surface area contributed by atoms with Crippen LogP contribution >= 0.6 is 0 Å². The lowest BCUT2D eigenvalue weighted by Gasteiger charge is -2.35. The van der Waals surface area contributed by atoms with E-state index in [0.717, 1.165) is 32.0 Å². The van der Waals surface area contributed by atoms with Crippen LogP contribution in [0.25, 0.3) is 0 Å². The first kappa shape index (κ1) is 16.2. The first-order valence-electron chi connectivity index (χ1n) is 6.97. The third kappa shape index (κ3) is 4.13. The van der Waals surface area contributed by atoms with E-state index in [-0.39, 0.29) is 11.0 Å². The molecule has 0 unspecified atom stereocenters. The fourth-order valence-corrected chi connectivity index (χ4v) is 3.04. The maximum absolute atomic E-state index is 11.6. The summed E-state index contributed by atoms with van der Waals surface area (Å²) in [5.41, 5.74) is 0. The van der Waals surface area contributed by atoms with E-state index in [0.29, 0.717) is 6.54 Å². The molecule has 0 spiro atoms. The molecule has 0 bridgehead atoms. The number of rotatable bonds is 5. The molecule has 8 heteroatoms. The van der Waals surface area contributed by atoms with Crippen LogP contribution < -0.4 is 9.62 Å². The fourth-order valence-electron chi connectivity index (χ4n) is 2.37. The number of pyridine rings is 1. The van der Waals surface area contributed by atoms with Crippen molar-refractivity contribution in [3.05, 3.63) is 18.3 Å². The highest BCUT2D eigenvalue weighted by Gasteiger charge is 2.19. The van der Waals surface area contributed by atoms with Crippen molar-refractivity contribution in [3.63, 3.8) is 0 Å². The van der Waals surface area contributed by atoms with Gasteiger partial charge in [-0.25, -0.2) is 18.1 Å². The molecular formula is C13H22N4O3S. The molecule has 0 radical (unpaired) electrons. The summed E-state index contributed by atoms with van der Waals surface area (Å²) in [5.74, 6) is 0.779. The summed E-state index contributed by atoms with van der Waals surface area (Å²) in [6.07, 6.45) is 1.06. The summed E-state index contributed by atoms with van der Waals surface area (Å²) < 4.78 is 25.5. The molecule has 0 aliphatic carbocycles. The zero-order valence-corrected chi connectivity index (χ0v) is 13.2. The molecule has 2 heterocycles. The van der Waals surface area contributed by atoms with Crippen LogP contribution in [0.3, 0.4) is 0 Å². The summed E-state index contributed by atoms with van der Waals surface area (Å²) in [4.78, 5) is 8.74. The SMILES string of the molecule is CNS(=O)(=O)c1ccc(N2CCN(C[C@@H](C)O)CC2)nc1. The molecule has 21 heavy (non-hydrogen) atoms. The lowest BCUT2D eigenvalue weighted by Crippen LogP contribution is -2.48. The zero-order valence-electron chi connectivity index (χ0n) is 12.4. The molecule has 1 aromatic rings. The van der Waals surface area contributed by atoms with Crippen LogP contribution in [0, 0.1) is 0 Å². The third-order valence-electron chi connectivity index (χ3n) is 3.52. The monoisotopic (exact) mass is 314 g/mol. The maximum atomic E-state index is 11.6. The number of hydrogen-bond donors (Lipinski definition) is 2. The van der Waals surface area contributed by atoms with Crippen molar-refractivity contribution in [3.8, 4) is 0 Å². The average Bonchev–Trinajstić information content (AvgIpc) is 2.47. The number of anilines is 1. The van der Waals surface area contributed by atoms with E-state index in [1.165, 1.54) is 13.2 Å². The molecule has 0 saturated carbocycles. The van der Waals surface area contributed by atoms with Gasteiger partial charge < -0.3 is 10.0 Å². The highest BCUT2D eigenvalue weighted by Crippen LogP contribution is 2.16. The van der Waals surface area contributed by atoms with E-state index in [4.69, 9.17) is 0 Å². The quantitative estimate of drug-likeness (QED) is 0.761. The van der Waals surface area contributed by atoms with Crippen molar-refractivity contribution in [1.82, 2.24) is 14.6 Å². The van der Waals surface area contributed by atoms with Crippen molar-refractivity contribution >= 4 is 15.8 Å². The van der Waals surface area contributed by atoms with Gasteiger partial charge in [0.25, 0.3) is 0 Å². The first-order chi connectivity index (χ1) is 9.92. The summed E-state index contributed by atoms with van der Waals surface area (Å²) >= 11 is 0. The van der Waals surface area contributed by atoms with Gasteiger partial charge in [0, 0.05) is 38.9 Å². The predicted octanol–water partition coefficient (Wildman–Crippen LogP) is -0.507. The van der Waals surface area contributed by atoms with Crippen LogP contribution in [-0.2, 0) is 10.0 Å². The Balaban J connectivity index is 1.98. The Bertz CT molecular complexity index is 551. The van der Waals surface area contributed by atoms with Gasteiger partial charge in [0.05, 0.1) is 6.10 Å². The van der Waals surface area contributed by atoms with Crippen LogP contribution in [0.4, 0.5) is 5.82 Å². The molecule has 1 atom stereocenters. The van der Waals surface area contributed by atoms with Gasteiger partial charge in [0.1, 0.15) is 10.7 Å². The van der Waals surface area contributed by atoms with Gasteiger partial charge in [0.2, 0.25) is 10.0 Å². The van der Waals surface area contributed by atoms with Crippen molar-refractivity contribution in [2.45, 2.75) is 17.9 Å². The molecule has 2 N–H and O–H groups in total. The minimum absolute atomic E-state index is 0.168. The standard InChI is InChI=1S/C13H22N4O3S/c1-11(18)10-16-5-7-17(8-6-16)13-4-3-12(9-15-13)21(19,20)14-2/h3-4,9,11,14,18H,5-8,10H2,1-2H3/t11-/m1/s1. The number of nitrogens with zero attached hydrogens (tertiary/aromatic N) is 3.